The van der Waals surface area contributed by atoms with E-state index in [0.29, 0.717) is 0 Å². The molecule has 8 aliphatic rings. The van der Waals surface area contributed by atoms with Gasteiger partial charge in [0, 0.05) is 13.8 Å². The second-order valence-corrected chi connectivity index (χ2v) is 23.9. The Kier molecular flexibility index (Phi) is 26.7. The first kappa shape index (κ1) is 76.2. The molecule has 0 radical (unpaired) electrons. The van der Waals surface area contributed by atoms with Gasteiger partial charge in [-0.2, -0.15) is 0 Å². The van der Waals surface area contributed by atoms with Crippen LogP contribution in [0.3, 0.4) is 0 Å². The highest BCUT2D eigenvalue weighted by atomic mass is 16.8. The monoisotopic (exact) mass is 1360 g/mol. The highest BCUT2D eigenvalue weighted by molar-refractivity contribution is 5.73. The second-order valence-electron chi connectivity index (χ2n) is 23.9. The summed E-state index contributed by atoms with van der Waals surface area (Å²) in [6.07, 6.45) is -74.7. The Bertz CT molecular complexity index is 2350. The quantitative estimate of drug-likeness (QED) is 0.0479. The molecule has 0 unspecified atom stereocenters. The Morgan fingerprint density at radius 1 is 0.301 bits per heavy atom. The lowest BCUT2D eigenvalue weighted by molar-refractivity contribution is -0.392. The van der Waals surface area contributed by atoms with Crippen molar-refractivity contribution in [3.05, 3.63) is 0 Å². The van der Waals surface area contributed by atoms with E-state index in [9.17, 15) is 122 Å². The zero-order chi connectivity index (χ0) is 68.5. The molecule has 0 aromatic rings. The van der Waals surface area contributed by atoms with E-state index in [-0.39, 0.29) is 0 Å². The Labute approximate surface area is 527 Å². The molecule has 8 aliphatic heterocycles. The van der Waals surface area contributed by atoms with Gasteiger partial charge < -0.3 is 194 Å². The van der Waals surface area contributed by atoms with Gasteiger partial charge in [-0.05, 0) is 13.8 Å². The van der Waals surface area contributed by atoms with Crippen molar-refractivity contribution in [3.63, 3.8) is 0 Å². The predicted molar refractivity (Wildman–Crippen MR) is 285 cm³/mol. The van der Waals surface area contributed by atoms with Gasteiger partial charge in [-0.15, -0.1) is 0 Å². The Morgan fingerprint density at radius 2 is 0.656 bits per heavy atom. The van der Waals surface area contributed by atoms with Gasteiger partial charge >= 0.3 is 0 Å². The van der Waals surface area contributed by atoms with Crippen molar-refractivity contribution in [2.24, 2.45) is 0 Å². The highest BCUT2D eigenvalue weighted by Crippen LogP contribution is 2.39. The number of hydrogen-bond donors (Lipinski definition) is 24. The molecule has 8 saturated heterocycles. The molecule has 540 valence electrons. The van der Waals surface area contributed by atoms with Gasteiger partial charge in [0.25, 0.3) is 0 Å². The molecule has 8 heterocycles. The second kappa shape index (κ2) is 32.6. The van der Waals surface area contributed by atoms with Crippen LogP contribution < -0.4 is 10.6 Å². The molecule has 0 aromatic carbocycles. The first-order valence-corrected chi connectivity index (χ1v) is 29.9. The van der Waals surface area contributed by atoms with Crippen molar-refractivity contribution in [2.75, 3.05) is 39.6 Å². The number of aliphatic hydroxyl groups excluding tert-OH is 22. The van der Waals surface area contributed by atoms with Crippen LogP contribution >= 0.6 is 0 Å². The SMILES string of the molecule is CC(=O)N[C@H]1[C@H](OC[C@H]2O[C@@H](O[C@H]3[C@H](O)[C@@H](O)[C@H](O)O[C@@H]3CO)[C@H](O)[C@@H](O[C@@H]3O[C@H](CO)[C@@H](O)[C@H](O[C@@H]4O[C@H](CO)[C@H](O)[C@H](O)[C@H]4O[C@H]4O[C@H](C)[C@H](O)[C@H](O)[C@H]4O)[C@H]3NC(C)=O)[C@H]2O)O[C@H](CO)[C@@H](O[C@@H]2O[C@H](CO)[C@H](O)[C@H](O)[C@H]2O)[C@@H]1O[C@H]1O[C@H](C)[C@H](O)[C@H](O)[C@H]1O. The maximum Gasteiger partial charge on any atom is 0.217 e. The lowest BCUT2D eigenvalue weighted by Crippen LogP contribution is -2.71. The molecule has 41 heteroatoms. The van der Waals surface area contributed by atoms with Crippen LogP contribution in [0.15, 0.2) is 0 Å². The molecule has 0 spiro atoms. The number of carbonyl (C=O) groups excluding carboxylic acids is 2. The summed E-state index contributed by atoms with van der Waals surface area (Å²) < 4.78 is 88.5. The van der Waals surface area contributed by atoms with Crippen LogP contribution in [0, 0.1) is 0 Å². The molecule has 24 N–H and O–H groups in total. The number of hydrogen-bond acceptors (Lipinski definition) is 39. The summed E-state index contributed by atoms with van der Waals surface area (Å²) in [5.74, 6) is -1.86. The van der Waals surface area contributed by atoms with Gasteiger partial charge in [0.2, 0.25) is 11.8 Å². The van der Waals surface area contributed by atoms with E-state index >= 15 is 0 Å². The first-order valence-electron chi connectivity index (χ1n) is 29.9. The van der Waals surface area contributed by atoms with Crippen LogP contribution in [0.25, 0.3) is 0 Å². The van der Waals surface area contributed by atoms with E-state index in [1.807, 2.05) is 0 Å². The highest BCUT2D eigenvalue weighted by Gasteiger charge is 2.60. The van der Waals surface area contributed by atoms with Gasteiger partial charge in [0.05, 0.1) is 51.8 Å². The van der Waals surface area contributed by atoms with Crippen LogP contribution in [-0.2, 0) is 80.6 Å². The molecule has 41 nitrogen and oxygen atoms in total. The average molecular weight is 1370 g/mol. The van der Waals surface area contributed by atoms with Crippen molar-refractivity contribution in [1.82, 2.24) is 10.6 Å². The van der Waals surface area contributed by atoms with E-state index in [2.05, 4.69) is 10.6 Å². The molecule has 0 saturated carbocycles. The van der Waals surface area contributed by atoms with Gasteiger partial charge in [-0.1, -0.05) is 0 Å². The number of nitrogens with one attached hydrogen (secondary N) is 2. The lowest BCUT2D eigenvalue weighted by atomic mass is 9.93. The largest absolute Gasteiger partial charge is 0.394 e. The normalized spacial score (nSPS) is 51.6. The number of amides is 2. The van der Waals surface area contributed by atoms with E-state index < -0.39 is 297 Å². The fraction of sp³-hybridized carbons (Fsp3) is 0.962. The maximum atomic E-state index is 13.2. The van der Waals surface area contributed by atoms with Gasteiger partial charge in [0.1, 0.15) is 183 Å². The molecule has 2 amide bonds. The van der Waals surface area contributed by atoms with Crippen LogP contribution in [0.4, 0.5) is 0 Å². The van der Waals surface area contributed by atoms with E-state index in [1.165, 1.54) is 13.8 Å². The number of rotatable bonds is 22. The van der Waals surface area contributed by atoms with Crippen molar-refractivity contribution < 1.29 is 193 Å². The molecule has 8 fully saturated rings. The van der Waals surface area contributed by atoms with Crippen LogP contribution in [0.1, 0.15) is 27.7 Å². The Morgan fingerprint density at radius 3 is 1.18 bits per heavy atom. The summed E-state index contributed by atoms with van der Waals surface area (Å²) in [7, 11) is 0. The van der Waals surface area contributed by atoms with Gasteiger partial charge in [0.15, 0.2) is 50.3 Å². The summed E-state index contributed by atoms with van der Waals surface area (Å²) in [5.41, 5.74) is 0. The van der Waals surface area contributed by atoms with Crippen molar-refractivity contribution in [3.8, 4) is 0 Å². The Hall–Kier alpha value is -2.54. The maximum absolute atomic E-state index is 13.2. The van der Waals surface area contributed by atoms with Gasteiger partial charge in [-0.3, -0.25) is 9.59 Å². The fourth-order valence-corrected chi connectivity index (χ4v) is 12.1. The predicted octanol–water partition coefficient (Wildman–Crippen LogP) is -16.1. The third-order valence-electron chi connectivity index (χ3n) is 17.4. The van der Waals surface area contributed by atoms with E-state index in [1.54, 1.807) is 0 Å². The summed E-state index contributed by atoms with van der Waals surface area (Å²) in [4.78, 5) is 26.4. The fourth-order valence-electron chi connectivity index (χ4n) is 12.1. The number of ether oxygens (including phenoxy) is 15. The standard InChI is InChI=1S/C52H88N2O39/c1-11-23(62)29(68)35(74)48(80-11)91-42-22(54-14(4)61)46(86-19(9-59)40(42)89-50-37(76)31(70)25(64)15(5-55)84-50)79-10-20-28(67)43(38(77)51(87-20)88-39-18(8-58)82-45(78)34(73)33(39)72)92-47-21(53-13(3)60)41(27(66)17(7-57)83-47)90-52-44(32(71)26(65)16(6-56)85-52)93-49-36(75)30(69)24(63)12(2)81-49/h11-12,15-52,55-59,62-78H,5-10H2,1-4H3,(H,53,60)(H,54,61)/t11-,12-,15-,16-,17-,18-,19-,20-,21-,22-,23+,24+,25+,26+,27-,28+,29+,30+,31+,32+,33-,34-,35-,36-,37-,38-,39-,40-,41-,42-,43+,44-,45-,46-,47+,48-,49-,50+,51+,52+/m1/s1. The number of aliphatic hydroxyl groups is 22. The van der Waals surface area contributed by atoms with Crippen LogP contribution in [0.5, 0.6) is 0 Å². The summed E-state index contributed by atoms with van der Waals surface area (Å²) in [6.45, 7) is -1.83. The van der Waals surface area contributed by atoms with Crippen molar-refractivity contribution in [2.45, 2.75) is 273 Å². The molecule has 8 rings (SSSR count). The van der Waals surface area contributed by atoms with Crippen molar-refractivity contribution in [1.29, 1.82) is 0 Å². The molecule has 40 atom stereocenters. The summed E-state index contributed by atoms with van der Waals surface area (Å²) in [6, 6.07) is -3.78. The molecule has 0 bridgehead atoms. The summed E-state index contributed by atoms with van der Waals surface area (Å²) >= 11 is 0. The topological polar surface area (TPSA) is 642 Å². The van der Waals surface area contributed by atoms with Gasteiger partial charge in [-0.25, -0.2) is 0 Å². The molecule has 0 aliphatic carbocycles. The minimum Gasteiger partial charge on any atom is -0.394 e. The minimum absolute atomic E-state index is 0.908. The smallest absolute Gasteiger partial charge is 0.217 e. The van der Waals surface area contributed by atoms with Crippen molar-refractivity contribution >= 4 is 11.8 Å². The minimum atomic E-state index is -2.40. The molecule has 93 heavy (non-hydrogen) atoms. The zero-order valence-electron chi connectivity index (χ0n) is 50.1. The summed E-state index contributed by atoms with van der Waals surface area (Å²) in [5, 5.41) is 244. The average Bonchev–Trinajstić information content (AvgIpc) is 0.776. The van der Waals surface area contributed by atoms with E-state index in [4.69, 9.17) is 71.1 Å². The number of carbonyl (C=O) groups is 2. The van der Waals surface area contributed by atoms with Crippen LogP contribution in [0.2, 0.25) is 0 Å². The third-order valence-corrected chi connectivity index (χ3v) is 17.4. The lowest BCUT2D eigenvalue weighted by Gasteiger charge is -2.51. The Balaban J connectivity index is 1.14. The third kappa shape index (κ3) is 16.4. The first-order chi connectivity index (χ1) is 43.9. The van der Waals surface area contributed by atoms with E-state index in [0.717, 1.165) is 13.8 Å². The zero-order valence-corrected chi connectivity index (χ0v) is 50.1. The van der Waals surface area contributed by atoms with Crippen LogP contribution in [-0.4, -0.2) is 409 Å². The molecule has 0 aromatic heterocycles. The molecular formula is C52H88N2O39. The molecular weight excluding hydrogens is 1280 g/mol.